The fraction of sp³-hybridized carbons (Fsp3) is 0. The number of pyridine rings is 1. The molecule has 0 aliphatic carbocycles. The molecule has 2 aromatic heterocycles. The Balaban J connectivity index is 1.63. The van der Waals surface area contributed by atoms with Gasteiger partial charge in [0.1, 0.15) is 5.15 Å². The standard InChI is InChI=1S/C18H11Cl2N5/c19-16-12(9-11-5-1-2-6-13(11)22-16)10-21-25-18-17(20)23-14-7-3-4-8-15(14)24-18/h1-10H,(H,24,25). The maximum atomic E-state index is 6.21. The number of nitrogens with zero attached hydrogens (tertiary/aromatic N) is 4. The molecular formula is C18H11Cl2N5. The lowest BCUT2D eigenvalue weighted by molar-refractivity contribution is 1.22. The molecule has 2 aromatic carbocycles. The molecule has 25 heavy (non-hydrogen) atoms. The predicted octanol–water partition coefficient (Wildman–Crippen LogP) is 4.93. The number of hydrazone groups is 1. The number of hydrogen-bond donors (Lipinski definition) is 1. The summed E-state index contributed by atoms with van der Waals surface area (Å²) in [5.41, 5.74) is 5.79. The van der Waals surface area contributed by atoms with Crippen molar-refractivity contribution in [3.63, 3.8) is 0 Å². The Kier molecular flexibility index (Phi) is 4.17. The zero-order valence-corrected chi connectivity index (χ0v) is 14.3. The molecule has 7 heteroatoms. The second-order valence-electron chi connectivity index (χ2n) is 5.28. The normalized spacial score (nSPS) is 11.4. The summed E-state index contributed by atoms with van der Waals surface area (Å²) in [6.45, 7) is 0. The van der Waals surface area contributed by atoms with Crippen LogP contribution in [0.15, 0.2) is 59.7 Å². The van der Waals surface area contributed by atoms with Gasteiger partial charge in [-0.15, -0.1) is 0 Å². The van der Waals surface area contributed by atoms with Crippen LogP contribution in [-0.2, 0) is 0 Å². The largest absolute Gasteiger partial charge is 0.259 e. The Bertz CT molecular complexity index is 1110. The summed E-state index contributed by atoms with van der Waals surface area (Å²) in [5, 5.41) is 5.77. The lowest BCUT2D eigenvalue weighted by atomic mass is 10.2. The molecule has 0 aliphatic rings. The van der Waals surface area contributed by atoms with Crippen molar-refractivity contribution in [2.45, 2.75) is 0 Å². The Labute approximate surface area is 153 Å². The van der Waals surface area contributed by atoms with Crippen LogP contribution in [0.4, 0.5) is 5.82 Å². The van der Waals surface area contributed by atoms with E-state index >= 15 is 0 Å². The number of benzene rings is 2. The van der Waals surface area contributed by atoms with Crippen molar-refractivity contribution < 1.29 is 0 Å². The molecule has 0 fully saturated rings. The van der Waals surface area contributed by atoms with Crippen LogP contribution in [-0.4, -0.2) is 21.2 Å². The Morgan fingerprint density at radius 2 is 1.44 bits per heavy atom. The number of para-hydroxylation sites is 3. The first-order chi connectivity index (χ1) is 12.2. The minimum Gasteiger partial charge on any atom is -0.259 e. The maximum Gasteiger partial charge on any atom is 0.185 e. The molecule has 0 bridgehead atoms. The van der Waals surface area contributed by atoms with Crippen molar-refractivity contribution in [1.82, 2.24) is 15.0 Å². The van der Waals surface area contributed by atoms with Gasteiger partial charge in [0.25, 0.3) is 0 Å². The fourth-order valence-electron chi connectivity index (χ4n) is 2.41. The molecule has 0 radical (unpaired) electrons. The van der Waals surface area contributed by atoms with Crippen LogP contribution in [0.2, 0.25) is 10.3 Å². The van der Waals surface area contributed by atoms with Crippen LogP contribution in [0.3, 0.4) is 0 Å². The third-order valence-corrected chi connectivity index (χ3v) is 4.17. The highest BCUT2D eigenvalue weighted by molar-refractivity contribution is 6.32. The zero-order chi connectivity index (χ0) is 17.2. The minimum absolute atomic E-state index is 0.249. The van der Waals surface area contributed by atoms with E-state index in [1.165, 1.54) is 0 Å². The topological polar surface area (TPSA) is 63.1 Å². The van der Waals surface area contributed by atoms with Crippen LogP contribution < -0.4 is 5.43 Å². The molecule has 5 nitrogen and oxygen atoms in total. The van der Waals surface area contributed by atoms with Crippen molar-refractivity contribution in [3.05, 3.63) is 70.5 Å². The lowest BCUT2D eigenvalue weighted by Gasteiger charge is -2.04. The number of aromatic nitrogens is 3. The van der Waals surface area contributed by atoms with Crippen molar-refractivity contribution >= 4 is 57.2 Å². The van der Waals surface area contributed by atoms with E-state index in [9.17, 15) is 0 Å². The van der Waals surface area contributed by atoms with Gasteiger partial charge in [-0.1, -0.05) is 53.5 Å². The molecule has 122 valence electrons. The highest BCUT2D eigenvalue weighted by Crippen LogP contribution is 2.22. The fourth-order valence-corrected chi connectivity index (χ4v) is 2.78. The van der Waals surface area contributed by atoms with Crippen LogP contribution in [0.25, 0.3) is 21.9 Å². The van der Waals surface area contributed by atoms with Gasteiger partial charge < -0.3 is 0 Å². The molecule has 0 aliphatic heterocycles. The second-order valence-corrected chi connectivity index (χ2v) is 6.00. The van der Waals surface area contributed by atoms with Crippen LogP contribution in [0, 0.1) is 0 Å². The molecule has 0 unspecified atom stereocenters. The van der Waals surface area contributed by atoms with Gasteiger partial charge in [-0.25, -0.2) is 15.0 Å². The third-order valence-electron chi connectivity index (χ3n) is 3.61. The van der Waals surface area contributed by atoms with E-state index in [0.717, 1.165) is 21.9 Å². The van der Waals surface area contributed by atoms with Crippen molar-refractivity contribution in [2.75, 3.05) is 5.43 Å². The van der Waals surface area contributed by atoms with Gasteiger partial charge >= 0.3 is 0 Å². The van der Waals surface area contributed by atoms with Gasteiger partial charge in [-0.05, 0) is 24.3 Å². The number of anilines is 1. The SMILES string of the molecule is Clc1nc2ccccc2cc1C=NNc1nc2ccccc2nc1Cl. The molecule has 1 N–H and O–H groups in total. The predicted molar refractivity (Wildman–Crippen MR) is 103 cm³/mol. The van der Waals surface area contributed by atoms with E-state index in [4.69, 9.17) is 23.2 Å². The van der Waals surface area contributed by atoms with E-state index in [1.807, 2.05) is 54.6 Å². The van der Waals surface area contributed by atoms with E-state index in [2.05, 4.69) is 25.5 Å². The molecule has 0 amide bonds. The highest BCUT2D eigenvalue weighted by atomic mass is 35.5. The van der Waals surface area contributed by atoms with Gasteiger partial charge in [-0.3, -0.25) is 5.43 Å². The molecule has 0 saturated carbocycles. The summed E-state index contributed by atoms with van der Waals surface area (Å²) in [7, 11) is 0. The van der Waals surface area contributed by atoms with Crippen molar-refractivity contribution in [1.29, 1.82) is 0 Å². The number of hydrogen-bond acceptors (Lipinski definition) is 5. The number of nitrogens with one attached hydrogen (secondary N) is 1. The average Bonchev–Trinajstić information content (AvgIpc) is 2.62. The Morgan fingerprint density at radius 3 is 2.24 bits per heavy atom. The summed E-state index contributed by atoms with van der Waals surface area (Å²) in [5.74, 6) is 0.376. The Morgan fingerprint density at radius 1 is 0.800 bits per heavy atom. The van der Waals surface area contributed by atoms with E-state index in [0.29, 0.717) is 16.5 Å². The third kappa shape index (κ3) is 3.24. The summed E-state index contributed by atoms with van der Waals surface area (Å²) in [4.78, 5) is 13.1. The molecule has 2 heterocycles. The van der Waals surface area contributed by atoms with Crippen molar-refractivity contribution in [2.24, 2.45) is 5.10 Å². The molecular weight excluding hydrogens is 357 g/mol. The van der Waals surface area contributed by atoms with Crippen LogP contribution in [0.1, 0.15) is 5.56 Å². The smallest absolute Gasteiger partial charge is 0.185 e. The maximum absolute atomic E-state index is 6.21. The van der Waals surface area contributed by atoms with Gasteiger partial charge in [0.2, 0.25) is 0 Å². The van der Waals surface area contributed by atoms with Crippen LogP contribution in [0.5, 0.6) is 0 Å². The van der Waals surface area contributed by atoms with Gasteiger partial charge in [0.15, 0.2) is 11.0 Å². The second kappa shape index (κ2) is 6.63. The number of halogens is 2. The number of rotatable bonds is 3. The summed E-state index contributed by atoms with van der Waals surface area (Å²) < 4.78 is 0. The molecule has 4 rings (SSSR count). The van der Waals surface area contributed by atoms with Gasteiger partial charge in [-0.2, -0.15) is 5.10 Å². The first kappa shape index (κ1) is 15.7. The monoisotopic (exact) mass is 367 g/mol. The summed E-state index contributed by atoms with van der Waals surface area (Å²) >= 11 is 12.4. The summed E-state index contributed by atoms with van der Waals surface area (Å²) in [6, 6.07) is 17.1. The summed E-state index contributed by atoms with van der Waals surface area (Å²) in [6.07, 6.45) is 1.58. The van der Waals surface area contributed by atoms with Crippen molar-refractivity contribution in [3.8, 4) is 0 Å². The van der Waals surface area contributed by atoms with E-state index in [1.54, 1.807) is 6.21 Å². The minimum atomic E-state index is 0.249. The van der Waals surface area contributed by atoms with E-state index < -0.39 is 0 Å². The number of fused-ring (bicyclic) bond motifs is 2. The van der Waals surface area contributed by atoms with Gasteiger partial charge in [0.05, 0.1) is 22.8 Å². The molecule has 0 spiro atoms. The quantitative estimate of drug-likeness (QED) is 0.316. The first-order valence-electron chi connectivity index (χ1n) is 7.47. The average molecular weight is 368 g/mol. The highest BCUT2D eigenvalue weighted by Gasteiger charge is 2.06. The lowest BCUT2D eigenvalue weighted by Crippen LogP contribution is -1.98. The first-order valence-corrected chi connectivity index (χ1v) is 8.23. The Hall–Kier alpha value is -2.76. The molecule has 4 aromatic rings. The van der Waals surface area contributed by atoms with Crippen LogP contribution >= 0.6 is 23.2 Å². The molecule has 0 saturated heterocycles. The van der Waals surface area contributed by atoms with Gasteiger partial charge in [0, 0.05) is 10.9 Å². The van der Waals surface area contributed by atoms with E-state index in [-0.39, 0.29) is 5.15 Å². The molecule has 0 atom stereocenters. The zero-order valence-electron chi connectivity index (χ0n) is 12.8.